The maximum atomic E-state index is 10.7. The Bertz CT molecular complexity index is 1140. The molecule has 1 aliphatic rings. The van der Waals surface area contributed by atoms with Crippen LogP contribution in [-0.2, 0) is 85.8 Å². The summed E-state index contributed by atoms with van der Waals surface area (Å²) in [7, 11) is 0. The summed E-state index contributed by atoms with van der Waals surface area (Å²) in [6.45, 7) is 24.2. The number of nitrogens with one attached hydrogen (secondary N) is 1. The zero-order valence-electron chi connectivity index (χ0n) is 30.4. The standard InChI is InChI=1S/C12H13O3.C8H9NO2.C7H7N.3C2H6.C2H5.CO2.Y.H2/c1-10(14)2-3-11-4-6-12(7-5-11)8-15-9-13;9-8-3-1-7(2-4-8)5-11-6-10;1-6-2-4-7(8)5-3-6;4*1-2;2-1-3;;/h4-7,9H,1-3,8H2;1-4,6H,5,9H2;2-5,8H,1H2;3*1-2H3;1H2,2H3;;;1H/q-1;;;;;;-1;;;/i9D;6D;;;;;;;;1+1. The molecular formula is C36H54N2O7Y-2. The van der Waals surface area contributed by atoms with E-state index in [4.69, 9.17) is 23.5 Å². The molecule has 0 atom stereocenters. The molecule has 1 aliphatic carbocycles. The van der Waals surface area contributed by atoms with Crippen molar-refractivity contribution < 1.29 is 70.3 Å². The number of ketones is 1. The van der Waals surface area contributed by atoms with E-state index in [-0.39, 0.29) is 59.3 Å². The predicted molar refractivity (Wildman–Crippen MR) is 185 cm³/mol. The smallest absolute Gasteiger partial charge is 0.373 e. The van der Waals surface area contributed by atoms with E-state index in [0.29, 0.717) is 24.2 Å². The molecule has 0 heterocycles. The first-order chi connectivity index (χ1) is 22.5. The van der Waals surface area contributed by atoms with Crippen LogP contribution in [0.25, 0.3) is 0 Å². The van der Waals surface area contributed by atoms with Crippen LogP contribution in [0.1, 0.15) is 75.7 Å². The van der Waals surface area contributed by atoms with E-state index in [2.05, 4.69) is 29.9 Å². The predicted octanol–water partition coefficient (Wildman–Crippen LogP) is 7.90. The molecule has 0 aliphatic heterocycles. The Kier molecular flexibility index (Phi) is 48.5. The van der Waals surface area contributed by atoms with Crippen molar-refractivity contribution in [2.45, 2.75) is 74.5 Å². The maximum Gasteiger partial charge on any atom is 0.373 e. The van der Waals surface area contributed by atoms with Crippen molar-refractivity contribution in [3.05, 3.63) is 116 Å². The summed E-state index contributed by atoms with van der Waals surface area (Å²) >= 11 is 0. The van der Waals surface area contributed by atoms with Gasteiger partial charge in [-0.15, -0.1) is 0 Å². The Morgan fingerprint density at radius 1 is 0.848 bits per heavy atom. The van der Waals surface area contributed by atoms with Gasteiger partial charge in [0.25, 0.3) is 12.9 Å². The molecule has 0 amide bonds. The summed E-state index contributed by atoms with van der Waals surface area (Å²) in [6.07, 6.45) is 6.38. The normalized spacial score (nSPS) is 9.65. The number of benzene rings is 2. The molecule has 9 nitrogen and oxygen atoms in total. The van der Waals surface area contributed by atoms with Gasteiger partial charge in [0.05, 0.1) is 5.71 Å². The number of nitrogens with two attached hydrogens (primary N) is 1. The average molecular weight is 719 g/mol. The number of anilines is 1. The van der Waals surface area contributed by atoms with E-state index < -0.39 is 12.9 Å². The van der Waals surface area contributed by atoms with Gasteiger partial charge >= 0.3 is 6.15 Å². The summed E-state index contributed by atoms with van der Waals surface area (Å²) in [5, 5.41) is 7.06. The second kappa shape index (κ2) is 45.5. The van der Waals surface area contributed by atoms with Gasteiger partial charge in [-0.3, -0.25) is 9.59 Å². The van der Waals surface area contributed by atoms with E-state index in [1.165, 1.54) is 0 Å². The van der Waals surface area contributed by atoms with Gasteiger partial charge in [0.2, 0.25) is 0 Å². The molecule has 1 radical (unpaired) electrons. The molecule has 0 saturated heterocycles. The van der Waals surface area contributed by atoms with Gasteiger partial charge < -0.3 is 39.3 Å². The van der Waals surface area contributed by atoms with Crippen LogP contribution in [-0.4, -0.2) is 30.5 Å². The van der Waals surface area contributed by atoms with E-state index in [1.807, 2.05) is 78.0 Å². The van der Waals surface area contributed by atoms with Crippen molar-refractivity contribution in [1.82, 2.24) is 0 Å². The molecule has 3 N–H and O–H groups in total. The minimum atomic E-state index is -1.04. The van der Waals surface area contributed by atoms with E-state index in [9.17, 15) is 14.4 Å². The second-order valence-electron chi connectivity index (χ2n) is 7.12. The van der Waals surface area contributed by atoms with E-state index in [1.54, 1.807) is 43.3 Å². The molecule has 2 aromatic carbocycles. The number of aryl methyl sites for hydroxylation is 1. The summed E-state index contributed by atoms with van der Waals surface area (Å²) in [5.41, 5.74) is 10.3. The Hall–Kier alpha value is -3.91. The van der Waals surface area contributed by atoms with Crippen LogP contribution < -0.4 is 5.73 Å². The van der Waals surface area contributed by atoms with E-state index in [0.717, 1.165) is 22.3 Å². The first kappa shape index (κ1) is 49.0. The zero-order chi connectivity index (χ0) is 37.6. The third-order valence-electron chi connectivity index (χ3n) is 4.24. The van der Waals surface area contributed by atoms with Crippen LogP contribution >= 0.6 is 0 Å². The molecule has 3 rings (SSSR count). The molecule has 0 saturated carbocycles. The van der Waals surface area contributed by atoms with Crippen molar-refractivity contribution in [2.24, 2.45) is 0 Å². The van der Waals surface area contributed by atoms with Gasteiger partial charge in [-0.2, -0.15) is 16.5 Å². The first-order valence-corrected chi connectivity index (χ1v) is 14.3. The molecule has 0 fully saturated rings. The molecule has 2 aromatic rings. The van der Waals surface area contributed by atoms with Crippen LogP contribution in [0.5, 0.6) is 0 Å². The molecule has 0 aromatic heterocycles. The molecule has 0 unspecified atom stereocenters. The number of hydrogen-bond donors (Lipinski definition) is 2. The molecule has 0 bridgehead atoms. The monoisotopic (exact) mass is 718 g/mol. The number of nitrogen functional groups attached to an aromatic ring is 1. The largest absolute Gasteiger partial charge is 0.463 e. The SMILES string of the molecule is C=C1C=CC(=N)C=C1.CC.CC.CC.O=C=O.[2HH].[2H]C(=O)OCc1ccc(CCC([CH2-])=O)cc1.[2H]C(=O)OCc1ccc(N)cc1.[CH2-]C.[Y]. The number of rotatable bonds is 7. The summed E-state index contributed by atoms with van der Waals surface area (Å²) in [4.78, 5) is 47.3. The Balaban J connectivity index is -0.0000000952. The summed E-state index contributed by atoms with van der Waals surface area (Å²) in [6, 6.07) is 14.3. The van der Waals surface area contributed by atoms with Gasteiger partial charge in [-0.05, 0) is 65.2 Å². The molecule has 0 spiro atoms. The summed E-state index contributed by atoms with van der Waals surface area (Å²) < 4.78 is 22.0. The van der Waals surface area contributed by atoms with Crippen molar-refractivity contribution in [3.8, 4) is 0 Å². The molecule has 46 heavy (non-hydrogen) atoms. The number of carbonyl (C=O) groups is 3. The van der Waals surface area contributed by atoms with Crippen LogP contribution in [0, 0.1) is 19.3 Å². The summed E-state index contributed by atoms with van der Waals surface area (Å²) in [5.74, 6) is -0.0767. The fraction of sp³-hybridized carbons (Fsp3) is 0.306. The van der Waals surface area contributed by atoms with Crippen LogP contribution in [0.15, 0.2) is 85.0 Å². The Labute approximate surface area is 306 Å². The number of Topliss-reactive ketones (excluding diaryl/α,β-unsaturated/α-hetero) is 1. The topological polar surface area (TPSA) is 154 Å². The fourth-order valence-electron chi connectivity index (χ4n) is 2.43. The van der Waals surface area contributed by atoms with Crippen molar-refractivity contribution in [2.75, 3.05) is 5.73 Å². The van der Waals surface area contributed by atoms with Gasteiger partial charge in [0.1, 0.15) is 13.2 Å². The van der Waals surface area contributed by atoms with E-state index >= 15 is 0 Å². The van der Waals surface area contributed by atoms with Crippen LogP contribution in [0.4, 0.5) is 5.69 Å². The molecule has 255 valence electrons. The van der Waals surface area contributed by atoms with Crippen molar-refractivity contribution in [1.29, 1.82) is 5.41 Å². The third kappa shape index (κ3) is 40.1. The fourth-order valence-corrected chi connectivity index (χ4v) is 2.43. The van der Waals surface area contributed by atoms with Crippen molar-refractivity contribution in [3.63, 3.8) is 0 Å². The minimum Gasteiger partial charge on any atom is -0.463 e. The number of carbonyl (C=O) groups excluding carboxylic acids is 5. The van der Waals surface area contributed by atoms with Gasteiger partial charge in [0.15, 0.2) is 2.74 Å². The Morgan fingerprint density at radius 2 is 1.17 bits per heavy atom. The maximum absolute atomic E-state index is 10.7. The number of allylic oxidation sites excluding steroid dienone is 5. The third-order valence-corrected chi connectivity index (χ3v) is 4.24. The quantitative estimate of drug-likeness (QED) is 0.166. The van der Waals surface area contributed by atoms with Crippen LogP contribution in [0.3, 0.4) is 0 Å². The Morgan fingerprint density at radius 3 is 1.48 bits per heavy atom. The van der Waals surface area contributed by atoms with Gasteiger partial charge in [-0.25, -0.2) is 0 Å². The van der Waals surface area contributed by atoms with Crippen molar-refractivity contribution >= 4 is 36.2 Å². The average Bonchev–Trinajstić information content (AvgIpc) is 3.09. The molecule has 10 heteroatoms. The van der Waals surface area contributed by atoms with Crippen LogP contribution in [0.2, 0.25) is 0 Å². The molecular weight excluding hydrogens is 661 g/mol. The van der Waals surface area contributed by atoms with Gasteiger partial charge in [-0.1, -0.05) is 96.7 Å². The minimum absolute atomic E-state index is 0. The number of ether oxygens (including phenoxy) is 2. The second-order valence-corrected chi connectivity index (χ2v) is 7.12. The number of hydrogen-bond acceptors (Lipinski definition) is 9. The first-order valence-electron chi connectivity index (χ1n) is 15.3. The zero-order valence-corrected chi connectivity index (χ0v) is 31.2. The van der Waals surface area contributed by atoms with Gasteiger partial charge in [0, 0.05) is 39.8 Å².